The fourth-order valence-electron chi connectivity index (χ4n) is 2.87. The molecule has 0 saturated heterocycles. The highest BCUT2D eigenvalue weighted by atomic mass is 32.2. The minimum absolute atomic E-state index is 0.199. The second-order valence-electron chi connectivity index (χ2n) is 6.08. The summed E-state index contributed by atoms with van der Waals surface area (Å²) in [6.07, 6.45) is 2.93. The van der Waals surface area contributed by atoms with Gasteiger partial charge in [0.15, 0.2) is 0 Å². The van der Waals surface area contributed by atoms with E-state index < -0.39 is 0 Å². The Bertz CT molecular complexity index is 942. The first-order valence-electron chi connectivity index (χ1n) is 8.59. The van der Waals surface area contributed by atoms with Crippen molar-refractivity contribution in [1.29, 1.82) is 5.41 Å². The van der Waals surface area contributed by atoms with Gasteiger partial charge in [0.2, 0.25) is 0 Å². The number of para-hydroxylation sites is 1. The summed E-state index contributed by atoms with van der Waals surface area (Å²) in [5, 5.41) is 20.6. The Labute approximate surface area is 173 Å². The lowest BCUT2D eigenvalue weighted by Gasteiger charge is -2.23. The number of nitrogens with one attached hydrogen (secondary N) is 1. The van der Waals surface area contributed by atoms with Crippen molar-refractivity contribution < 1.29 is 9.90 Å². The number of carbonyl (C=O) groups is 1. The third-order valence-corrected chi connectivity index (χ3v) is 6.28. The summed E-state index contributed by atoms with van der Waals surface area (Å²) in [5.74, 6) is -0.0164. The highest BCUT2D eigenvalue weighted by Gasteiger charge is 2.28. The number of phenols is 1. The molecule has 0 bridgehead atoms. The predicted octanol–water partition coefficient (Wildman–Crippen LogP) is 4.54. The van der Waals surface area contributed by atoms with Crippen LogP contribution in [0.25, 0.3) is 5.70 Å². The topological polar surface area (TPSA) is 67.6 Å². The normalized spacial score (nSPS) is 15.2. The average molecular weight is 412 g/mol. The van der Waals surface area contributed by atoms with Gasteiger partial charge in [-0.2, -0.15) is 0 Å². The van der Waals surface area contributed by atoms with Gasteiger partial charge in [0, 0.05) is 18.0 Å². The molecule has 0 unspecified atom stereocenters. The van der Waals surface area contributed by atoms with Crippen LogP contribution >= 0.6 is 23.5 Å². The number of nitrogens with zero attached hydrogens (tertiary/aromatic N) is 2. The largest absolute Gasteiger partial charge is 0.507 e. The fourth-order valence-corrected chi connectivity index (χ4v) is 4.83. The summed E-state index contributed by atoms with van der Waals surface area (Å²) < 4.78 is 0. The van der Waals surface area contributed by atoms with E-state index in [1.807, 2.05) is 66.1 Å². The molecule has 5 nitrogen and oxygen atoms in total. The summed E-state index contributed by atoms with van der Waals surface area (Å²) in [5.41, 5.74) is 2.51. The number of phenolic OH excluding ortho intramolecular Hbond substituents is 1. The molecule has 2 N–H and O–H groups in total. The molecule has 1 aliphatic rings. The molecule has 0 fully saturated rings. The van der Waals surface area contributed by atoms with Crippen LogP contribution in [0.4, 0.5) is 0 Å². The van der Waals surface area contributed by atoms with Crippen LogP contribution in [-0.2, 0) is 11.3 Å². The van der Waals surface area contributed by atoms with E-state index in [0.717, 1.165) is 22.6 Å². The van der Waals surface area contributed by atoms with Crippen LogP contribution in [-0.4, -0.2) is 40.5 Å². The van der Waals surface area contributed by atoms with E-state index in [-0.39, 0.29) is 11.7 Å². The highest BCUT2D eigenvalue weighted by molar-refractivity contribution is 8.08. The maximum atomic E-state index is 13.1. The predicted molar refractivity (Wildman–Crippen MR) is 118 cm³/mol. The molecule has 144 valence electrons. The first-order valence-corrected chi connectivity index (χ1v) is 10.7. The summed E-state index contributed by atoms with van der Waals surface area (Å²) in [4.78, 5) is 17.0. The van der Waals surface area contributed by atoms with E-state index in [0.29, 0.717) is 17.0 Å². The van der Waals surface area contributed by atoms with E-state index in [1.54, 1.807) is 12.1 Å². The molecule has 28 heavy (non-hydrogen) atoms. The first-order chi connectivity index (χ1) is 13.6. The number of rotatable bonds is 6. The van der Waals surface area contributed by atoms with Gasteiger partial charge in [0.1, 0.15) is 10.7 Å². The van der Waals surface area contributed by atoms with E-state index in [2.05, 4.69) is 0 Å². The van der Waals surface area contributed by atoms with Crippen LogP contribution in [0.5, 0.6) is 5.75 Å². The average Bonchev–Trinajstić information content (AvgIpc) is 3.09. The first kappa shape index (κ1) is 20.1. The Hall–Kier alpha value is -2.64. The fraction of sp³-hybridized carbons (Fsp3) is 0.143. The Balaban J connectivity index is 1.87. The van der Waals surface area contributed by atoms with Crippen molar-refractivity contribution in [2.75, 3.05) is 13.3 Å². The second kappa shape index (κ2) is 9.03. The number of benzene rings is 2. The third kappa shape index (κ3) is 4.10. The lowest BCUT2D eigenvalue weighted by atomic mass is 10.1. The van der Waals surface area contributed by atoms with Crippen molar-refractivity contribution in [3.05, 3.63) is 81.1 Å². The van der Waals surface area contributed by atoms with Crippen LogP contribution in [0.3, 0.4) is 0 Å². The van der Waals surface area contributed by atoms with Crippen molar-refractivity contribution in [1.82, 2.24) is 9.80 Å². The maximum absolute atomic E-state index is 13.1. The zero-order chi connectivity index (χ0) is 20.1. The summed E-state index contributed by atoms with van der Waals surface area (Å²) in [6.45, 7) is 0.342. The number of amides is 1. The smallest absolute Gasteiger partial charge is 0.268 e. The summed E-state index contributed by atoms with van der Waals surface area (Å²) in [7, 11) is 1.88. The molecule has 1 amide bonds. The van der Waals surface area contributed by atoms with E-state index in [1.165, 1.54) is 28.4 Å². The molecule has 0 atom stereocenters. The van der Waals surface area contributed by atoms with Crippen LogP contribution in [0.2, 0.25) is 0 Å². The Kier molecular flexibility index (Phi) is 6.49. The summed E-state index contributed by atoms with van der Waals surface area (Å²) in [6, 6.07) is 16.8. The van der Waals surface area contributed by atoms with Crippen molar-refractivity contribution in [3.63, 3.8) is 0 Å². The van der Waals surface area contributed by atoms with Gasteiger partial charge in [-0.25, -0.2) is 0 Å². The van der Waals surface area contributed by atoms with Crippen LogP contribution in [0.15, 0.2) is 69.9 Å². The van der Waals surface area contributed by atoms with Gasteiger partial charge in [-0.05, 0) is 24.0 Å². The monoisotopic (exact) mass is 411 g/mol. The lowest BCUT2D eigenvalue weighted by Crippen LogP contribution is -2.30. The highest BCUT2D eigenvalue weighted by Crippen LogP contribution is 2.44. The molecule has 2 aromatic carbocycles. The standard InChI is InChI=1S/C21H21N3O2S2/c1-23-17(16-10-6-7-11-18(16)25)13-28-21(23)19(27-2)20(26)24(14-22)12-15-8-4-3-5-9-15/h3-11,13-14,22,25H,12H2,1-2H3/b21-19-,22-14?. The van der Waals surface area contributed by atoms with Gasteiger partial charge >= 0.3 is 0 Å². The van der Waals surface area contributed by atoms with Crippen molar-refractivity contribution in [2.24, 2.45) is 0 Å². The Morgan fingerprint density at radius 2 is 1.89 bits per heavy atom. The van der Waals surface area contributed by atoms with E-state index in [9.17, 15) is 9.90 Å². The molecule has 0 saturated carbocycles. The minimum Gasteiger partial charge on any atom is -0.507 e. The number of thioether (sulfide) groups is 2. The molecule has 1 aliphatic heterocycles. The quantitative estimate of drug-likeness (QED) is 0.415. The molecular formula is C21H21N3O2S2. The number of hydrogen-bond donors (Lipinski definition) is 2. The number of hydrogen-bond acceptors (Lipinski definition) is 6. The molecule has 2 aromatic rings. The van der Waals surface area contributed by atoms with Gasteiger partial charge in [-0.15, -0.1) is 11.8 Å². The molecule has 0 radical (unpaired) electrons. The van der Waals surface area contributed by atoms with E-state index >= 15 is 0 Å². The zero-order valence-electron chi connectivity index (χ0n) is 15.6. The van der Waals surface area contributed by atoms with Crippen molar-refractivity contribution >= 4 is 41.5 Å². The van der Waals surface area contributed by atoms with Gasteiger partial charge in [0.05, 0.1) is 23.6 Å². The van der Waals surface area contributed by atoms with Crippen LogP contribution in [0, 0.1) is 5.41 Å². The second-order valence-corrected chi connectivity index (χ2v) is 7.76. The zero-order valence-corrected chi connectivity index (χ0v) is 17.3. The summed E-state index contributed by atoms with van der Waals surface area (Å²) >= 11 is 2.81. The molecule has 0 aliphatic carbocycles. The molecule has 0 spiro atoms. The van der Waals surface area contributed by atoms with E-state index in [4.69, 9.17) is 5.41 Å². The molecular weight excluding hydrogens is 390 g/mol. The molecule has 3 rings (SSSR count). The molecule has 7 heteroatoms. The lowest BCUT2D eigenvalue weighted by molar-refractivity contribution is -0.123. The number of carbonyl (C=O) groups excluding carboxylic acids is 1. The van der Waals surface area contributed by atoms with Gasteiger partial charge in [-0.3, -0.25) is 15.1 Å². The van der Waals surface area contributed by atoms with Gasteiger partial charge < -0.3 is 10.0 Å². The molecule has 1 heterocycles. The number of aromatic hydroxyl groups is 1. The van der Waals surface area contributed by atoms with Crippen molar-refractivity contribution in [3.8, 4) is 5.75 Å². The van der Waals surface area contributed by atoms with Gasteiger partial charge in [-0.1, -0.05) is 54.2 Å². The third-order valence-electron chi connectivity index (χ3n) is 4.33. The van der Waals surface area contributed by atoms with Crippen LogP contribution in [0.1, 0.15) is 11.1 Å². The minimum atomic E-state index is -0.215. The van der Waals surface area contributed by atoms with Gasteiger partial charge in [0.25, 0.3) is 5.91 Å². The van der Waals surface area contributed by atoms with Crippen LogP contribution < -0.4 is 0 Å². The Morgan fingerprint density at radius 1 is 1.21 bits per heavy atom. The SMILES string of the molecule is CS/C(C(=O)N(C=N)Cc1ccccc1)=C1\SC=C(c2ccccc2O)N1C. The Morgan fingerprint density at radius 3 is 2.54 bits per heavy atom. The van der Waals surface area contributed by atoms with Crippen molar-refractivity contribution in [2.45, 2.75) is 6.54 Å². The maximum Gasteiger partial charge on any atom is 0.268 e. The molecule has 0 aromatic heterocycles.